The molecule has 3 rings (SSSR count). The molecule has 2 saturated heterocycles. The standard InChI is InChI=1S/C18H24ClN3O2/c1-13-16(10-20)18(21-11-17(13)19)22-7-5-14(6-8-22)24-12-15-4-2-3-9-23-15/h11,14-15H,2-9,12H2,1H3/t15-/m0/s1. The quantitative estimate of drug-likeness (QED) is 0.833. The molecule has 2 fully saturated rings. The molecule has 6 heteroatoms. The Morgan fingerprint density at radius 1 is 1.38 bits per heavy atom. The second-order valence-electron chi connectivity index (χ2n) is 6.55. The van der Waals surface area contributed by atoms with E-state index in [-0.39, 0.29) is 12.2 Å². The van der Waals surface area contributed by atoms with E-state index in [1.807, 2.05) is 6.92 Å². The van der Waals surface area contributed by atoms with E-state index in [9.17, 15) is 5.26 Å². The summed E-state index contributed by atoms with van der Waals surface area (Å²) in [5.74, 6) is 0.744. The molecule has 0 saturated carbocycles. The van der Waals surface area contributed by atoms with E-state index >= 15 is 0 Å². The lowest BCUT2D eigenvalue weighted by molar-refractivity contribution is -0.0672. The minimum Gasteiger partial charge on any atom is -0.376 e. The average Bonchev–Trinajstić information content (AvgIpc) is 2.63. The summed E-state index contributed by atoms with van der Waals surface area (Å²) in [4.78, 5) is 6.55. The lowest BCUT2D eigenvalue weighted by Crippen LogP contribution is -2.39. The summed E-state index contributed by atoms with van der Waals surface area (Å²) in [5.41, 5.74) is 1.38. The SMILES string of the molecule is Cc1c(Cl)cnc(N2CCC(OC[C@@H]3CCCCO3)CC2)c1C#N. The van der Waals surface area contributed by atoms with Crippen LogP contribution in [0.4, 0.5) is 5.82 Å². The average molecular weight is 350 g/mol. The van der Waals surface area contributed by atoms with Gasteiger partial charge in [0.25, 0.3) is 0 Å². The second kappa shape index (κ2) is 8.15. The van der Waals surface area contributed by atoms with Gasteiger partial charge in [-0.3, -0.25) is 0 Å². The van der Waals surface area contributed by atoms with Gasteiger partial charge in [0, 0.05) is 25.9 Å². The van der Waals surface area contributed by atoms with Crippen LogP contribution >= 0.6 is 11.6 Å². The van der Waals surface area contributed by atoms with Crippen LogP contribution in [0.15, 0.2) is 6.20 Å². The highest BCUT2D eigenvalue weighted by Gasteiger charge is 2.25. The Hall–Kier alpha value is -1.35. The maximum absolute atomic E-state index is 9.42. The van der Waals surface area contributed by atoms with Crippen molar-refractivity contribution in [2.75, 3.05) is 31.2 Å². The van der Waals surface area contributed by atoms with E-state index in [2.05, 4.69) is 16.0 Å². The molecule has 1 aromatic heterocycles. The fourth-order valence-corrected chi connectivity index (χ4v) is 3.50. The number of anilines is 1. The van der Waals surface area contributed by atoms with Crippen LogP contribution in [-0.4, -0.2) is 43.5 Å². The fourth-order valence-electron chi connectivity index (χ4n) is 3.36. The van der Waals surface area contributed by atoms with Crippen LogP contribution in [0.25, 0.3) is 0 Å². The first-order valence-corrected chi connectivity index (χ1v) is 9.10. The summed E-state index contributed by atoms with van der Waals surface area (Å²) in [6.07, 6.45) is 7.58. The fraction of sp³-hybridized carbons (Fsp3) is 0.667. The first kappa shape index (κ1) is 17.5. The van der Waals surface area contributed by atoms with Gasteiger partial charge in [0.15, 0.2) is 0 Å². The Morgan fingerprint density at radius 3 is 2.83 bits per heavy atom. The minimum absolute atomic E-state index is 0.266. The number of nitriles is 1. The van der Waals surface area contributed by atoms with Crippen molar-refractivity contribution in [3.63, 3.8) is 0 Å². The number of ether oxygens (including phenoxy) is 2. The maximum atomic E-state index is 9.42. The molecule has 2 aliphatic rings. The molecule has 0 radical (unpaired) electrons. The van der Waals surface area contributed by atoms with Gasteiger partial charge in [0.1, 0.15) is 11.9 Å². The van der Waals surface area contributed by atoms with Gasteiger partial charge >= 0.3 is 0 Å². The molecule has 0 amide bonds. The number of rotatable bonds is 4. The van der Waals surface area contributed by atoms with Crippen LogP contribution < -0.4 is 4.90 Å². The zero-order chi connectivity index (χ0) is 16.9. The van der Waals surface area contributed by atoms with Crippen molar-refractivity contribution in [2.24, 2.45) is 0 Å². The number of nitrogens with zero attached hydrogens (tertiary/aromatic N) is 3. The lowest BCUT2D eigenvalue weighted by Gasteiger charge is -2.34. The summed E-state index contributed by atoms with van der Waals surface area (Å²) in [6, 6.07) is 2.24. The number of halogens is 1. The van der Waals surface area contributed by atoms with Crippen LogP contribution in [0.3, 0.4) is 0 Å². The zero-order valence-electron chi connectivity index (χ0n) is 14.1. The van der Waals surface area contributed by atoms with Gasteiger partial charge in [-0.25, -0.2) is 4.98 Å². The van der Waals surface area contributed by atoms with Crippen molar-refractivity contribution >= 4 is 17.4 Å². The van der Waals surface area contributed by atoms with Crippen LogP contribution in [0.1, 0.15) is 43.2 Å². The maximum Gasteiger partial charge on any atom is 0.146 e. The molecule has 1 aromatic rings. The summed E-state index contributed by atoms with van der Waals surface area (Å²) in [5, 5.41) is 9.96. The summed E-state index contributed by atoms with van der Waals surface area (Å²) in [7, 11) is 0. The molecule has 0 unspecified atom stereocenters. The Balaban J connectivity index is 1.54. The highest BCUT2D eigenvalue weighted by atomic mass is 35.5. The topological polar surface area (TPSA) is 58.4 Å². The van der Waals surface area contributed by atoms with E-state index in [1.54, 1.807) is 6.20 Å². The Morgan fingerprint density at radius 2 is 2.17 bits per heavy atom. The van der Waals surface area contributed by atoms with Crippen molar-refractivity contribution in [3.05, 3.63) is 22.3 Å². The second-order valence-corrected chi connectivity index (χ2v) is 6.96. The van der Waals surface area contributed by atoms with Gasteiger partial charge in [-0.15, -0.1) is 0 Å². The first-order chi connectivity index (χ1) is 11.7. The summed E-state index contributed by atoms with van der Waals surface area (Å²) >= 11 is 6.08. The molecule has 24 heavy (non-hydrogen) atoms. The predicted molar refractivity (Wildman–Crippen MR) is 93.5 cm³/mol. The van der Waals surface area contributed by atoms with E-state index in [0.717, 1.165) is 50.3 Å². The largest absolute Gasteiger partial charge is 0.376 e. The van der Waals surface area contributed by atoms with Gasteiger partial charge in [0.2, 0.25) is 0 Å². The summed E-state index contributed by atoms with van der Waals surface area (Å²) < 4.78 is 11.8. The van der Waals surface area contributed by atoms with Crippen LogP contribution in [0.2, 0.25) is 5.02 Å². The normalized spacial score (nSPS) is 22.4. The molecular formula is C18H24ClN3O2. The van der Waals surface area contributed by atoms with Crippen molar-refractivity contribution in [1.82, 2.24) is 4.98 Å². The van der Waals surface area contributed by atoms with Crippen LogP contribution in [0, 0.1) is 18.3 Å². The number of aromatic nitrogens is 1. The van der Waals surface area contributed by atoms with Gasteiger partial charge in [-0.2, -0.15) is 5.26 Å². The zero-order valence-corrected chi connectivity index (χ0v) is 14.9. The minimum atomic E-state index is 0.266. The molecule has 0 aliphatic carbocycles. The molecule has 5 nitrogen and oxygen atoms in total. The molecule has 130 valence electrons. The molecule has 0 bridgehead atoms. The van der Waals surface area contributed by atoms with E-state index < -0.39 is 0 Å². The van der Waals surface area contributed by atoms with Crippen molar-refractivity contribution < 1.29 is 9.47 Å². The van der Waals surface area contributed by atoms with Gasteiger partial charge in [-0.1, -0.05) is 11.6 Å². The Bertz CT molecular complexity index is 603. The number of hydrogen-bond donors (Lipinski definition) is 0. The Kier molecular flexibility index (Phi) is 5.94. The Labute approximate surface area is 148 Å². The van der Waals surface area contributed by atoms with Crippen molar-refractivity contribution in [2.45, 2.75) is 51.2 Å². The number of pyridine rings is 1. The molecule has 0 N–H and O–H groups in total. The highest BCUT2D eigenvalue weighted by molar-refractivity contribution is 6.31. The summed E-state index contributed by atoms with van der Waals surface area (Å²) in [6.45, 7) is 5.13. The van der Waals surface area contributed by atoms with Crippen LogP contribution in [0.5, 0.6) is 0 Å². The molecule has 2 aliphatic heterocycles. The van der Waals surface area contributed by atoms with E-state index in [1.165, 1.54) is 12.8 Å². The third-order valence-corrected chi connectivity index (χ3v) is 5.28. The molecule has 0 aromatic carbocycles. The van der Waals surface area contributed by atoms with Crippen molar-refractivity contribution in [3.8, 4) is 6.07 Å². The molecule has 0 spiro atoms. The third kappa shape index (κ3) is 4.00. The van der Waals surface area contributed by atoms with Gasteiger partial charge < -0.3 is 14.4 Å². The van der Waals surface area contributed by atoms with Crippen LogP contribution in [-0.2, 0) is 9.47 Å². The first-order valence-electron chi connectivity index (χ1n) is 8.72. The molecular weight excluding hydrogens is 326 g/mol. The van der Waals surface area contributed by atoms with E-state index in [4.69, 9.17) is 21.1 Å². The predicted octanol–water partition coefficient (Wildman–Crippen LogP) is 3.47. The van der Waals surface area contributed by atoms with E-state index in [0.29, 0.717) is 17.2 Å². The monoisotopic (exact) mass is 349 g/mol. The third-order valence-electron chi connectivity index (χ3n) is 4.90. The molecule has 3 heterocycles. The number of piperidine rings is 1. The molecule has 1 atom stereocenters. The van der Waals surface area contributed by atoms with Crippen molar-refractivity contribution in [1.29, 1.82) is 5.26 Å². The van der Waals surface area contributed by atoms with Gasteiger partial charge in [0.05, 0.1) is 29.4 Å². The van der Waals surface area contributed by atoms with Gasteiger partial charge in [-0.05, 0) is 44.6 Å². The lowest BCUT2D eigenvalue weighted by atomic mass is 10.1. The highest BCUT2D eigenvalue weighted by Crippen LogP contribution is 2.28. The number of hydrogen-bond acceptors (Lipinski definition) is 5. The smallest absolute Gasteiger partial charge is 0.146 e.